The number of piperidine rings is 3. The van der Waals surface area contributed by atoms with Crippen molar-refractivity contribution in [2.24, 2.45) is 11.8 Å². The molecular formula is C23H28N2O2. The van der Waals surface area contributed by atoms with Crippen LogP contribution in [0, 0.1) is 11.8 Å². The fourth-order valence-corrected chi connectivity index (χ4v) is 5.05. The Hall–Kier alpha value is -2.17. The number of carbonyl (C=O) groups is 1. The molecule has 0 spiro atoms. The third-order valence-electron chi connectivity index (χ3n) is 6.32. The van der Waals surface area contributed by atoms with E-state index in [1.165, 1.54) is 11.1 Å². The first-order valence-corrected chi connectivity index (χ1v) is 9.81. The van der Waals surface area contributed by atoms with Gasteiger partial charge < -0.3 is 10.0 Å². The van der Waals surface area contributed by atoms with Crippen LogP contribution in [-0.2, 0) is 4.79 Å². The van der Waals surface area contributed by atoms with Gasteiger partial charge in [0.2, 0.25) is 5.91 Å². The number of hydrogen-bond donors (Lipinski definition) is 1. The maximum atomic E-state index is 12.6. The highest BCUT2D eigenvalue weighted by atomic mass is 16.3. The van der Waals surface area contributed by atoms with Gasteiger partial charge in [-0.3, -0.25) is 9.69 Å². The van der Waals surface area contributed by atoms with Crippen LogP contribution in [0.4, 0.5) is 0 Å². The lowest BCUT2D eigenvalue weighted by Gasteiger charge is -2.55. The van der Waals surface area contributed by atoms with Gasteiger partial charge in [-0.05, 0) is 24.1 Å². The second kappa shape index (κ2) is 7.45. The van der Waals surface area contributed by atoms with Gasteiger partial charge in [0.1, 0.15) is 0 Å². The van der Waals surface area contributed by atoms with E-state index in [1.54, 1.807) is 19.0 Å². The third kappa shape index (κ3) is 3.28. The van der Waals surface area contributed by atoms with Gasteiger partial charge in [-0.25, -0.2) is 0 Å². The minimum Gasteiger partial charge on any atom is -0.391 e. The lowest BCUT2D eigenvalue weighted by Crippen LogP contribution is -2.65. The summed E-state index contributed by atoms with van der Waals surface area (Å²) < 4.78 is 0. The molecule has 27 heavy (non-hydrogen) atoms. The van der Waals surface area contributed by atoms with Crippen LogP contribution in [0.3, 0.4) is 0 Å². The molecule has 2 aromatic carbocycles. The maximum Gasteiger partial charge on any atom is 0.226 e. The van der Waals surface area contributed by atoms with E-state index < -0.39 is 6.10 Å². The van der Waals surface area contributed by atoms with Crippen molar-refractivity contribution in [3.05, 3.63) is 71.8 Å². The molecule has 1 unspecified atom stereocenters. The fraction of sp³-hybridized carbons (Fsp3) is 0.435. The predicted molar refractivity (Wildman–Crippen MR) is 106 cm³/mol. The number of nitrogens with zero attached hydrogens (tertiary/aromatic N) is 2. The van der Waals surface area contributed by atoms with Crippen molar-refractivity contribution in [3.63, 3.8) is 0 Å². The largest absolute Gasteiger partial charge is 0.391 e. The number of hydrogen-bond acceptors (Lipinski definition) is 3. The number of carbonyl (C=O) groups excluding carboxylic acids is 1. The smallest absolute Gasteiger partial charge is 0.226 e. The number of amides is 1. The number of aliphatic hydroxyl groups excluding tert-OH is 1. The summed E-state index contributed by atoms with van der Waals surface area (Å²) in [5.74, 6) is 0.163. The zero-order chi connectivity index (χ0) is 19.0. The summed E-state index contributed by atoms with van der Waals surface area (Å²) in [5.41, 5.74) is 2.44. The quantitative estimate of drug-likeness (QED) is 0.907. The van der Waals surface area contributed by atoms with E-state index in [4.69, 9.17) is 0 Å². The van der Waals surface area contributed by atoms with Crippen molar-refractivity contribution >= 4 is 5.91 Å². The first-order valence-electron chi connectivity index (χ1n) is 9.81. The van der Waals surface area contributed by atoms with E-state index in [0.29, 0.717) is 0 Å². The van der Waals surface area contributed by atoms with E-state index in [1.807, 2.05) is 12.1 Å². The van der Waals surface area contributed by atoms with Gasteiger partial charge in [0.05, 0.1) is 12.0 Å². The van der Waals surface area contributed by atoms with Crippen molar-refractivity contribution in [3.8, 4) is 0 Å². The number of rotatable bonds is 4. The van der Waals surface area contributed by atoms with Gasteiger partial charge >= 0.3 is 0 Å². The summed E-state index contributed by atoms with van der Waals surface area (Å²) in [7, 11) is 3.61. The molecule has 3 aliphatic heterocycles. The van der Waals surface area contributed by atoms with Crippen molar-refractivity contribution in [1.29, 1.82) is 0 Å². The molecule has 5 rings (SSSR count). The van der Waals surface area contributed by atoms with Gasteiger partial charge in [0.25, 0.3) is 0 Å². The molecule has 3 aliphatic rings. The molecule has 0 radical (unpaired) electrons. The molecule has 4 nitrogen and oxygen atoms in total. The molecule has 2 bridgehead atoms. The highest BCUT2D eigenvalue weighted by Gasteiger charge is 2.52. The Labute approximate surface area is 161 Å². The minimum atomic E-state index is -0.508. The van der Waals surface area contributed by atoms with Gasteiger partial charge in [-0.2, -0.15) is 0 Å². The zero-order valence-corrected chi connectivity index (χ0v) is 16.0. The van der Waals surface area contributed by atoms with Crippen LogP contribution >= 0.6 is 0 Å². The summed E-state index contributed by atoms with van der Waals surface area (Å²) in [5, 5.41) is 11.3. The van der Waals surface area contributed by atoms with Gasteiger partial charge in [-0.1, -0.05) is 60.7 Å². The first kappa shape index (κ1) is 18.2. The van der Waals surface area contributed by atoms with Crippen LogP contribution in [0.15, 0.2) is 60.7 Å². The Morgan fingerprint density at radius 3 is 2.07 bits per heavy atom. The van der Waals surface area contributed by atoms with Crippen molar-refractivity contribution < 1.29 is 9.90 Å². The molecule has 2 aromatic rings. The summed E-state index contributed by atoms with van der Waals surface area (Å²) in [4.78, 5) is 16.7. The molecule has 0 aliphatic carbocycles. The molecule has 142 valence electrons. The van der Waals surface area contributed by atoms with Crippen molar-refractivity contribution in [2.45, 2.75) is 24.5 Å². The number of benzene rings is 2. The summed E-state index contributed by atoms with van der Waals surface area (Å²) in [6.07, 6.45) is 0.380. The topological polar surface area (TPSA) is 43.8 Å². The minimum absolute atomic E-state index is 0.000220. The second-order valence-electron chi connectivity index (χ2n) is 8.07. The highest BCUT2D eigenvalue weighted by Crippen LogP contribution is 2.44. The highest BCUT2D eigenvalue weighted by molar-refractivity contribution is 5.79. The van der Waals surface area contributed by atoms with Crippen LogP contribution in [-0.4, -0.2) is 60.1 Å². The zero-order valence-electron chi connectivity index (χ0n) is 16.0. The first-order chi connectivity index (χ1) is 13.1. The summed E-state index contributed by atoms with van der Waals surface area (Å²) in [6, 6.07) is 20.9. The van der Waals surface area contributed by atoms with Crippen LogP contribution in [0.5, 0.6) is 0 Å². The summed E-state index contributed by atoms with van der Waals surface area (Å²) in [6.45, 7) is 1.68. The second-order valence-corrected chi connectivity index (χ2v) is 8.07. The lowest BCUT2D eigenvalue weighted by atomic mass is 9.67. The molecule has 3 heterocycles. The molecule has 0 aromatic heterocycles. The number of fused-ring (bicyclic) bond motifs is 3. The Morgan fingerprint density at radius 1 is 1.04 bits per heavy atom. The summed E-state index contributed by atoms with van der Waals surface area (Å²) >= 11 is 0. The van der Waals surface area contributed by atoms with E-state index in [2.05, 4.69) is 53.4 Å². The third-order valence-corrected chi connectivity index (χ3v) is 6.32. The van der Waals surface area contributed by atoms with Crippen LogP contribution in [0.25, 0.3) is 0 Å². The van der Waals surface area contributed by atoms with E-state index >= 15 is 0 Å². The Morgan fingerprint density at radius 2 is 1.59 bits per heavy atom. The molecule has 1 amide bonds. The normalized spacial score (nSPS) is 29.7. The molecule has 5 atom stereocenters. The molecule has 3 fully saturated rings. The standard InChI is InChI=1S/C23H28N2O2/c1-24(2)23(27)19-15-25-14-13-18(19)22(26)21(25)20(16-9-5-3-6-10-16)17-11-7-4-8-12-17/h3-12,18-22,26H,13-15H2,1-2H3/t18-,19-,21-,22-/m0/s1. The Kier molecular flexibility index (Phi) is 5.02. The maximum absolute atomic E-state index is 12.6. The monoisotopic (exact) mass is 364 g/mol. The SMILES string of the molecule is CN(C)C(=O)[C@H]1CN2CC[C@@H]1[C@H](O)[C@@H]2C(c1ccccc1)c1ccccc1. The van der Waals surface area contributed by atoms with E-state index in [-0.39, 0.29) is 29.7 Å². The molecule has 1 N–H and O–H groups in total. The van der Waals surface area contributed by atoms with Gasteiger partial charge in [0.15, 0.2) is 0 Å². The van der Waals surface area contributed by atoms with Gasteiger partial charge in [-0.15, -0.1) is 0 Å². The van der Waals surface area contributed by atoms with Crippen molar-refractivity contribution in [1.82, 2.24) is 9.80 Å². The molecular weight excluding hydrogens is 336 g/mol. The van der Waals surface area contributed by atoms with E-state index in [0.717, 1.165) is 19.5 Å². The van der Waals surface area contributed by atoms with Crippen molar-refractivity contribution in [2.75, 3.05) is 27.2 Å². The molecule has 3 saturated heterocycles. The fourth-order valence-electron chi connectivity index (χ4n) is 5.05. The molecule has 0 saturated carbocycles. The number of aliphatic hydroxyl groups is 1. The Balaban J connectivity index is 1.71. The average molecular weight is 364 g/mol. The molecule has 4 heteroatoms. The predicted octanol–water partition coefficient (Wildman–Crippen LogP) is 2.59. The Bertz CT molecular complexity index is 736. The van der Waals surface area contributed by atoms with Gasteiger partial charge in [0, 0.05) is 38.5 Å². The van der Waals surface area contributed by atoms with Crippen LogP contribution in [0.2, 0.25) is 0 Å². The van der Waals surface area contributed by atoms with E-state index in [9.17, 15) is 9.90 Å². The van der Waals surface area contributed by atoms with Crippen LogP contribution < -0.4 is 0 Å². The lowest BCUT2D eigenvalue weighted by molar-refractivity contribution is -0.154. The average Bonchev–Trinajstić information content (AvgIpc) is 2.71. The van der Waals surface area contributed by atoms with Crippen LogP contribution in [0.1, 0.15) is 23.5 Å².